The largest absolute Gasteiger partial charge is 0.497 e. The molecule has 1 atom stereocenters. The Bertz CT molecular complexity index is 670. The Balaban J connectivity index is 2.09. The maximum Gasteiger partial charge on any atom is 0.433 e. The van der Waals surface area contributed by atoms with Gasteiger partial charge in [0.15, 0.2) is 0 Å². The number of alkyl halides is 3. The van der Waals surface area contributed by atoms with Gasteiger partial charge in [-0.05, 0) is 29.8 Å². The highest BCUT2D eigenvalue weighted by atomic mass is 19.4. The van der Waals surface area contributed by atoms with E-state index in [0.29, 0.717) is 17.1 Å². The first kappa shape index (κ1) is 17.9. The molecule has 5 nitrogen and oxygen atoms in total. The number of aromatic nitrogens is 1. The van der Waals surface area contributed by atoms with Gasteiger partial charge in [-0.2, -0.15) is 13.2 Å². The average molecular weight is 342 g/mol. The molecule has 0 saturated heterocycles. The molecule has 2 rings (SSSR count). The lowest BCUT2D eigenvalue weighted by Gasteiger charge is -2.15. The number of nitrogens with zero attached hydrogens (tertiary/aromatic N) is 1. The van der Waals surface area contributed by atoms with Crippen LogP contribution in [0.5, 0.6) is 11.5 Å². The number of aliphatic hydroxyl groups excluding tert-OH is 1. The van der Waals surface area contributed by atoms with Crippen molar-refractivity contribution in [3.05, 3.63) is 47.7 Å². The third-order valence-electron chi connectivity index (χ3n) is 3.27. The molecule has 0 fully saturated rings. The summed E-state index contributed by atoms with van der Waals surface area (Å²) < 4.78 is 48.1. The van der Waals surface area contributed by atoms with Gasteiger partial charge in [0.25, 0.3) is 0 Å². The first-order valence-corrected chi connectivity index (χ1v) is 7.02. The van der Waals surface area contributed by atoms with E-state index in [2.05, 4.69) is 10.3 Å². The van der Waals surface area contributed by atoms with Crippen molar-refractivity contribution in [2.45, 2.75) is 12.3 Å². The van der Waals surface area contributed by atoms with Crippen LogP contribution in [0.15, 0.2) is 36.4 Å². The molecule has 2 aromatic rings. The number of rotatable bonds is 6. The molecule has 1 aromatic heterocycles. The maximum absolute atomic E-state index is 12.6. The van der Waals surface area contributed by atoms with Gasteiger partial charge in [-0.15, -0.1) is 0 Å². The number of halogens is 3. The summed E-state index contributed by atoms with van der Waals surface area (Å²) in [7, 11) is 2.96. The smallest absolute Gasteiger partial charge is 0.433 e. The molecule has 2 N–H and O–H groups in total. The molecule has 24 heavy (non-hydrogen) atoms. The molecule has 0 bridgehead atoms. The van der Waals surface area contributed by atoms with Crippen LogP contribution >= 0.6 is 0 Å². The molecule has 0 radical (unpaired) electrons. The van der Waals surface area contributed by atoms with E-state index in [1.54, 1.807) is 18.2 Å². The summed E-state index contributed by atoms with van der Waals surface area (Å²) in [6, 6.07) is 8.42. The molecule has 130 valence electrons. The van der Waals surface area contributed by atoms with Crippen LogP contribution in [0.25, 0.3) is 0 Å². The Morgan fingerprint density at radius 3 is 2.29 bits per heavy atom. The second-order valence-corrected chi connectivity index (χ2v) is 4.95. The third-order valence-corrected chi connectivity index (χ3v) is 3.27. The monoisotopic (exact) mass is 342 g/mol. The summed E-state index contributed by atoms with van der Waals surface area (Å²) in [4.78, 5) is 3.48. The van der Waals surface area contributed by atoms with E-state index >= 15 is 0 Å². The molecular formula is C16H17F3N2O3. The van der Waals surface area contributed by atoms with Gasteiger partial charge in [0.2, 0.25) is 0 Å². The quantitative estimate of drug-likeness (QED) is 0.844. The van der Waals surface area contributed by atoms with Crippen LogP contribution < -0.4 is 14.8 Å². The standard InChI is InChI=1S/C16H17F3N2O3/c1-23-11-6-10(7-12(8-11)24-2)13(22)9-20-15-5-3-4-14(21-15)16(17,18)19/h3-8,13,22H,9H2,1-2H3,(H,20,21). The van der Waals surface area contributed by atoms with Gasteiger partial charge in [-0.25, -0.2) is 4.98 Å². The first-order chi connectivity index (χ1) is 11.3. The number of ether oxygens (including phenoxy) is 2. The number of anilines is 1. The van der Waals surface area contributed by atoms with Gasteiger partial charge in [-0.1, -0.05) is 6.07 Å². The summed E-state index contributed by atoms with van der Waals surface area (Å²) in [6.07, 6.45) is -5.50. The van der Waals surface area contributed by atoms with Crippen molar-refractivity contribution in [1.82, 2.24) is 4.98 Å². The van der Waals surface area contributed by atoms with Crippen molar-refractivity contribution in [3.8, 4) is 11.5 Å². The summed E-state index contributed by atoms with van der Waals surface area (Å²) in [5, 5.41) is 12.9. The number of methoxy groups -OCH3 is 2. The van der Waals surface area contributed by atoms with Crippen LogP contribution in [0, 0.1) is 0 Å². The van der Waals surface area contributed by atoms with Crippen LogP contribution in [0.3, 0.4) is 0 Å². The van der Waals surface area contributed by atoms with Crippen LogP contribution in [-0.4, -0.2) is 30.9 Å². The van der Waals surface area contributed by atoms with E-state index in [1.807, 2.05) is 0 Å². The fourth-order valence-corrected chi connectivity index (χ4v) is 2.03. The molecular weight excluding hydrogens is 325 g/mol. The van der Waals surface area contributed by atoms with Crippen molar-refractivity contribution in [1.29, 1.82) is 0 Å². The molecule has 0 aliphatic heterocycles. The lowest BCUT2D eigenvalue weighted by atomic mass is 10.1. The van der Waals surface area contributed by atoms with Gasteiger partial charge in [0.05, 0.1) is 20.3 Å². The van der Waals surface area contributed by atoms with E-state index in [0.717, 1.165) is 6.07 Å². The highest BCUT2D eigenvalue weighted by Gasteiger charge is 2.32. The lowest BCUT2D eigenvalue weighted by molar-refractivity contribution is -0.141. The highest BCUT2D eigenvalue weighted by Crippen LogP contribution is 2.29. The molecule has 1 aromatic carbocycles. The zero-order valence-corrected chi connectivity index (χ0v) is 13.1. The van der Waals surface area contributed by atoms with E-state index in [4.69, 9.17) is 9.47 Å². The fourth-order valence-electron chi connectivity index (χ4n) is 2.03. The second-order valence-electron chi connectivity index (χ2n) is 4.95. The van der Waals surface area contributed by atoms with Crippen molar-refractivity contribution < 1.29 is 27.8 Å². The van der Waals surface area contributed by atoms with Crippen molar-refractivity contribution in [2.24, 2.45) is 0 Å². The first-order valence-electron chi connectivity index (χ1n) is 7.02. The summed E-state index contributed by atoms with van der Waals surface area (Å²) >= 11 is 0. The summed E-state index contributed by atoms with van der Waals surface area (Å²) in [5.74, 6) is 1.03. The van der Waals surface area contributed by atoms with E-state index in [9.17, 15) is 18.3 Å². The van der Waals surface area contributed by atoms with Crippen molar-refractivity contribution >= 4 is 5.82 Å². The minimum absolute atomic E-state index is 0.0232. The predicted molar refractivity (Wildman–Crippen MR) is 82.2 cm³/mol. The molecule has 0 saturated carbocycles. The molecule has 0 spiro atoms. The Kier molecular flexibility index (Phi) is 5.50. The van der Waals surface area contributed by atoms with Gasteiger partial charge in [0.1, 0.15) is 23.0 Å². The molecule has 0 amide bonds. The normalized spacial score (nSPS) is 12.6. The van der Waals surface area contributed by atoms with Crippen LogP contribution in [0.1, 0.15) is 17.4 Å². The number of benzene rings is 1. The zero-order chi connectivity index (χ0) is 17.7. The Morgan fingerprint density at radius 1 is 1.12 bits per heavy atom. The number of hydrogen-bond acceptors (Lipinski definition) is 5. The molecule has 8 heteroatoms. The second kappa shape index (κ2) is 7.39. The zero-order valence-electron chi connectivity index (χ0n) is 13.1. The highest BCUT2D eigenvalue weighted by molar-refractivity contribution is 5.41. The third kappa shape index (κ3) is 4.51. The minimum Gasteiger partial charge on any atom is -0.497 e. The predicted octanol–water partition coefficient (Wildman–Crippen LogP) is 3.26. The van der Waals surface area contributed by atoms with Gasteiger partial charge >= 0.3 is 6.18 Å². The number of aliphatic hydroxyl groups is 1. The molecule has 0 aliphatic rings. The van der Waals surface area contributed by atoms with Gasteiger partial charge < -0.3 is 19.9 Å². The number of nitrogens with one attached hydrogen (secondary N) is 1. The van der Waals surface area contributed by atoms with Gasteiger partial charge in [-0.3, -0.25) is 0 Å². The molecule has 0 aliphatic carbocycles. The van der Waals surface area contributed by atoms with Crippen LogP contribution in [0.2, 0.25) is 0 Å². The van der Waals surface area contributed by atoms with Crippen molar-refractivity contribution in [2.75, 3.05) is 26.1 Å². The topological polar surface area (TPSA) is 63.6 Å². The molecule has 1 heterocycles. The van der Waals surface area contributed by atoms with Gasteiger partial charge in [0, 0.05) is 12.6 Å². The number of pyridine rings is 1. The van der Waals surface area contributed by atoms with E-state index < -0.39 is 18.0 Å². The van der Waals surface area contributed by atoms with E-state index in [1.165, 1.54) is 26.4 Å². The fraction of sp³-hybridized carbons (Fsp3) is 0.312. The minimum atomic E-state index is -4.52. The van der Waals surface area contributed by atoms with Crippen LogP contribution in [0.4, 0.5) is 19.0 Å². The SMILES string of the molecule is COc1cc(OC)cc(C(O)CNc2cccc(C(F)(F)F)n2)c1. The molecule has 1 unspecified atom stereocenters. The van der Waals surface area contributed by atoms with Crippen LogP contribution in [-0.2, 0) is 6.18 Å². The summed E-state index contributed by atoms with van der Waals surface area (Å²) in [5.41, 5.74) is -0.490. The lowest BCUT2D eigenvalue weighted by Crippen LogP contribution is -2.15. The average Bonchev–Trinajstić information content (AvgIpc) is 2.58. The van der Waals surface area contributed by atoms with Crippen molar-refractivity contribution in [3.63, 3.8) is 0 Å². The Hall–Kier alpha value is -2.48. The van der Waals surface area contributed by atoms with E-state index in [-0.39, 0.29) is 12.4 Å². The Labute approximate surface area is 137 Å². The maximum atomic E-state index is 12.6. The Morgan fingerprint density at radius 2 is 1.75 bits per heavy atom. The number of hydrogen-bond donors (Lipinski definition) is 2. The summed E-state index contributed by atoms with van der Waals surface area (Å²) in [6.45, 7) is -0.0232.